The number of benzene rings is 1. The van der Waals surface area contributed by atoms with Crippen molar-refractivity contribution in [1.82, 2.24) is 4.90 Å². The van der Waals surface area contributed by atoms with Crippen LogP contribution < -0.4 is 4.74 Å². The summed E-state index contributed by atoms with van der Waals surface area (Å²) < 4.78 is 5.39. The zero-order valence-corrected chi connectivity index (χ0v) is 11.7. The molecular weight excluding hydrogens is 282 g/mol. The Bertz CT molecular complexity index is 506. The quantitative estimate of drug-likeness (QED) is 0.904. The van der Waals surface area contributed by atoms with Gasteiger partial charge < -0.3 is 14.7 Å². The number of rotatable bonds is 5. The Morgan fingerprint density at radius 1 is 1.45 bits per heavy atom. The highest BCUT2D eigenvalue weighted by Gasteiger charge is 2.30. The van der Waals surface area contributed by atoms with Gasteiger partial charge in [-0.1, -0.05) is 17.7 Å². The molecule has 0 radical (unpaired) electrons. The van der Waals surface area contributed by atoms with Gasteiger partial charge in [-0.2, -0.15) is 0 Å². The van der Waals surface area contributed by atoms with Gasteiger partial charge in [0.05, 0.1) is 6.42 Å². The summed E-state index contributed by atoms with van der Waals surface area (Å²) in [7, 11) is 0. The number of carboxylic acid groups (broad SMARTS) is 1. The van der Waals surface area contributed by atoms with Gasteiger partial charge in [-0.3, -0.25) is 9.59 Å². The number of likely N-dealkylation sites (tertiary alicyclic amines) is 1. The van der Waals surface area contributed by atoms with Crippen LogP contribution in [0.2, 0.25) is 5.02 Å². The number of carbonyl (C=O) groups excluding carboxylic acids is 1. The molecule has 1 aliphatic heterocycles. The van der Waals surface area contributed by atoms with E-state index in [2.05, 4.69) is 0 Å². The molecule has 6 heteroatoms. The third-order valence-electron chi connectivity index (χ3n) is 3.27. The van der Waals surface area contributed by atoms with Gasteiger partial charge in [0.25, 0.3) is 5.91 Å². The number of ether oxygens (including phenoxy) is 1. The Morgan fingerprint density at radius 3 is 2.95 bits per heavy atom. The highest BCUT2D eigenvalue weighted by Crippen LogP contribution is 2.21. The van der Waals surface area contributed by atoms with Crippen LogP contribution in [0.25, 0.3) is 0 Å². The third kappa shape index (κ3) is 3.87. The normalized spacial score (nSPS) is 18.1. The maximum atomic E-state index is 12.1. The second-order valence-corrected chi connectivity index (χ2v) is 5.16. The molecule has 20 heavy (non-hydrogen) atoms. The average molecular weight is 298 g/mol. The molecule has 0 aromatic heterocycles. The molecule has 1 aromatic rings. The minimum absolute atomic E-state index is 0.0110. The standard InChI is InChI=1S/C14H16ClNO4/c15-10-3-1-5-12(7-10)20-9-13(17)16-6-2-4-11(16)8-14(18)19/h1,3,5,7,11H,2,4,6,8-9H2,(H,18,19). The molecule has 5 nitrogen and oxygen atoms in total. The van der Waals surface area contributed by atoms with E-state index in [1.165, 1.54) is 0 Å². The highest BCUT2D eigenvalue weighted by molar-refractivity contribution is 6.30. The Kier molecular flexibility index (Phi) is 4.84. The summed E-state index contributed by atoms with van der Waals surface area (Å²) in [6.45, 7) is 0.492. The average Bonchev–Trinajstić information content (AvgIpc) is 2.83. The van der Waals surface area contributed by atoms with Crippen molar-refractivity contribution in [3.63, 3.8) is 0 Å². The lowest BCUT2D eigenvalue weighted by Crippen LogP contribution is -2.39. The number of hydrogen-bond acceptors (Lipinski definition) is 3. The van der Waals surface area contributed by atoms with E-state index >= 15 is 0 Å². The first kappa shape index (κ1) is 14.7. The highest BCUT2D eigenvalue weighted by atomic mass is 35.5. The van der Waals surface area contributed by atoms with Gasteiger partial charge in [0, 0.05) is 17.6 Å². The first-order chi connectivity index (χ1) is 9.56. The number of nitrogens with zero attached hydrogens (tertiary/aromatic N) is 1. The molecule has 1 atom stereocenters. The molecule has 1 amide bonds. The van der Waals surface area contributed by atoms with Gasteiger partial charge in [-0.25, -0.2) is 0 Å². The van der Waals surface area contributed by atoms with Gasteiger partial charge in [-0.15, -0.1) is 0 Å². The maximum Gasteiger partial charge on any atom is 0.305 e. The lowest BCUT2D eigenvalue weighted by atomic mass is 10.1. The number of aliphatic carboxylic acids is 1. The zero-order chi connectivity index (χ0) is 14.5. The number of carbonyl (C=O) groups is 2. The van der Waals surface area contributed by atoms with E-state index in [4.69, 9.17) is 21.4 Å². The fourth-order valence-corrected chi connectivity index (χ4v) is 2.54. The molecule has 2 rings (SSSR count). The van der Waals surface area contributed by atoms with Crippen molar-refractivity contribution in [3.8, 4) is 5.75 Å². The maximum absolute atomic E-state index is 12.1. The first-order valence-corrected chi connectivity index (χ1v) is 6.83. The number of carboxylic acids is 1. The SMILES string of the molecule is O=C(O)CC1CCCN1C(=O)COc1cccc(Cl)c1. The minimum Gasteiger partial charge on any atom is -0.484 e. The van der Waals surface area contributed by atoms with Crippen LogP contribution in [0.4, 0.5) is 0 Å². The number of hydrogen-bond donors (Lipinski definition) is 1. The lowest BCUT2D eigenvalue weighted by Gasteiger charge is -2.23. The summed E-state index contributed by atoms with van der Waals surface area (Å²) in [5, 5.41) is 9.37. The molecule has 0 bridgehead atoms. The molecule has 0 saturated carbocycles. The summed E-state index contributed by atoms with van der Waals surface area (Å²) in [6.07, 6.45) is 1.55. The van der Waals surface area contributed by atoms with E-state index < -0.39 is 5.97 Å². The monoisotopic (exact) mass is 297 g/mol. The molecule has 0 aliphatic carbocycles. The molecule has 1 aromatic carbocycles. The van der Waals surface area contributed by atoms with E-state index in [1.807, 2.05) is 0 Å². The smallest absolute Gasteiger partial charge is 0.305 e. The minimum atomic E-state index is -0.884. The molecule has 1 aliphatic rings. The molecule has 1 fully saturated rings. The fraction of sp³-hybridized carbons (Fsp3) is 0.429. The van der Waals surface area contributed by atoms with Crippen molar-refractivity contribution in [1.29, 1.82) is 0 Å². The Labute approximate surface area is 122 Å². The topological polar surface area (TPSA) is 66.8 Å². The molecule has 1 heterocycles. The second-order valence-electron chi connectivity index (χ2n) is 4.73. The fourth-order valence-electron chi connectivity index (χ4n) is 2.36. The number of halogens is 1. The van der Waals surface area contributed by atoms with Gasteiger partial charge in [-0.05, 0) is 31.0 Å². The van der Waals surface area contributed by atoms with Crippen molar-refractivity contribution in [3.05, 3.63) is 29.3 Å². The van der Waals surface area contributed by atoms with Crippen LogP contribution >= 0.6 is 11.6 Å². The van der Waals surface area contributed by atoms with Gasteiger partial charge in [0.1, 0.15) is 5.75 Å². The lowest BCUT2D eigenvalue weighted by molar-refractivity contribution is -0.140. The van der Waals surface area contributed by atoms with Crippen LogP contribution in [-0.2, 0) is 9.59 Å². The summed E-state index contributed by atoms with van der Waals surface area (Å²) in [4.78, 5) is 24.4. The van der Waals surface area contributed by atoms with Crippen molar-refractivity contribution in [2.75, 3.05) is 13.2 Å². The first-order valence-electron chi connectivity index (χ1n) is 6.46. The van der Waals surface area contributed by atoms with Gasteiger partial charge in [0.2, 0.25) is 0 Å². The van der Waals surface area contributed by atoms with Gasteiger partial charge >= 0.3 is 5.97 Å². The zero-order valence-electron chi connectivity index (χ0n) is 10.9. The summed E-state index contributed by atoms with van der Waals surface area (Å²) in [6, 6.07) is 6.60. The molecule has 1 N–H and O–H groups in total. The molecular formula is C14H16ClNO4. The summed E-state index contributed by atoms with van der Waals surface area (Å²) in [5.41, 5.74) is 0. The van der Waals surface area contributed by atoms with Crippen LogP contribution in [0.3, 0.4) is 0 Å². The Hall–Kier alpha value is -1.75. The molecule has 1 saturated heterocycles. The van der Waals surface area contributed by atoms with E-state index in [0.29, 0.717) is 17.3 Å². The molecule has 0 spiro atoms. The largest absolute Gasteiger partial charge is 0.484 e. The van der Waals surface area contributed by atoms with Crippen molar-refractivity contribution in [2.45, 2.75) is 25.3 Å². The predicted molar refractivity (Wildman–Crippen MR) is 73.9 cm³/mol. The van der Waals surface area contributed by atoms with Crippen LogP contribution in [0.15, 0.2) is 24.3 Å². The van der Waals surface area contributed by atoms with Crippen LogP contribution in [0, 0.1) is 0 Å². The van der Waals surface area contributed by atoms with Crippen LogP contribution in [0.5, 0.6) is 5.75 Å². The second kappa shape index (κ2) is 6.61. The third-order valence-corrected chi connectivity index (χ3v) is 3.50. The number of amides is 1. The molecule has 1 unspecified atom stereocenters. The van der Waals surface area contributed by atoms with E-state index in [-0.39, 0.29) is 25.0 Å². The van der Waals surface area contributed by atoms with Gasteiger partial charge in [0.15, 0.2) is 6.61 Å². The van der Waals surface area contributed by atoms with Crippen molar-refractivity contribution < 1.29 is 19.4 Å². The Morgan fingerprint density at radius 2 is 2.25 bits per heavy atom. The Balaban J connectivity index is 1.89. The molecule has 108 valence electrons. The summed E-state index contributed by atoms with van der Waals surface area (Å²) in [5.74, 6) is -0.543. The van der Waals surface area contributed by atoms with Crippen molar-refractivity contribution in [2.24, 2.45) is 0 Å². The van der Waals surface area contributed by atoms with Crippen LogP contribution in [0.1, 0.15) is 19.3 Å². The predicted octanol–water partition coefficient (Wildman–Crippen LogP) is 2.18. The van der Waals surface area contributed by atoms with Crippen molar-refractivity contribution >= 4 is 23.5 Å². The summed E-state index contributed by atoms with van der Waals surface area (Å²) >= 11 is 5.83. The van der Waals surface area contributed by atoms with E-state index in [0.717, 1.165) is 12.8 Å². The van der Waals surface area contributed by atoms with E-state index in [9.17, 15) is 9.59 Å². The van der Waals surface area contributed by atoms with E-state index in [1.54, 1.807) is 29.2 Å². The van der Waals surface area contributed by atoms with Crippen LogP contribution in [-0.4, -0.2) is 41.1 Å².